The number of ether oxygens (including phenoxy) is 6. The van der Waals surface area contributed by atoms with E-state index in [1.165, 1.54) is 0 Å². The number of aliphatic carboxylic acids is 1. The number of Topliss-reactive ketones (excluding diaryl/α,β-unsaturated/α-hetero) is 3. The summed E-state index contributed by atoms with van der Waals surface area (Å²) in [5, 5.41) is 11.5. The molecule has 13 nitrogen and oxygen atoms in total. The van der Waals surface area contributed by atoms with E-state index in [-0.39, 0.29) is 109 Å². The average Bonchev–Trinajstić information content (AvgIpc) is 2.92. The van der Waals surface area contributed by atoms with Crippen molar-refractivity contribution in [3.05, 3.63) is 0 Å². The Balaban J connectivity index is 5.45. The molecule has 0 rings (SSSR count). The SMILES string of the molecule is CC(C)(C)C(=O)CCOCC(COCCC(=O)C(C)(C)C)(COCCC(=O)C(C)(C)C)NC(=O)COCCOCCOCC(=O)O. The summed E-state index contributed by atoms with van der Waals surface area (Å²) in [4.78, 5) is 60.8. The fourth-order valence-corrected chi connectivity index (χ4v) is 3.65. The number of carboxylic acids is 1. The molecule has 0 aromatic heterocycles. The van der Waals surface area contributed by atoms with Gasteiger partial charge in [0, 0.05) is 35.5 Å². The maximum Gasteiger partial charge on any atom is 0.329 e. The summed E-state index contributed by atoms with van der Waals surface area (Å²) in [6.07, 6.45) is 0.541. The van der Waals surface area contributed by atoms with Gasteiger partial charge in [-0.2, -0.15) is 0 Å². The average molecular weight is 662 g/mol. The lowest BCUT2D eigenvalue weighted by atomic mass is 9.89. The standard InChI is InChI=1S/C33H59NO12/c1-30(2,3)25(35)10-13-44-22-33(23-45-14-11-26(36)31(4,5)6,24-46-15-12-27(37)32(7,8)9)34-28(38)20-42-18-16-41-17-19-43-21-29(39)40/h10-24H2,1-9H3,(H,34,38)(H,39,40). The third kappa shape index (κ3) is 21.5. The van der Waals surface area contributed by atoms with E-state index in [1.807, 2.05) is 62.3 Å². The van der Waals surface area contributed by atoms with Crippen LogP contribution in [0.2, 0.25) is 0 Å². The van der Waals surface area contributed by atoms with Gasteiger partial charge >= 0.3 is 5.97 Å². The van der Waals surface area contributed by atoms with Gasteiger partial charge in [-0.05, 0) is 0 Å². The summed E-state index contributed by atoms with van der Waals surface area (Å²) in [5.41, 5.74) is -2.77. The van der Waals surface area contributed by atoms with Crippen LogP contribution in [0.1, 0.15) is 81.6 Å². The molecule has 13 heteroatoms. The van der Waals surface area contributed by atoms with Gasteiger partial charge in [0.1, 0.15) is 36.1 Å². The minimum absolute atomic E-state index is 0.0279. The molecule has 0 bridgehead atoms. The molecule has 0 unspecified atom stereocenters. The van der Waals surface area contributed by atoms with Gasteiger partial charge in [0.05, 0.1) is 66.1 Å². The van der Waals surface area contributed by atoms with Crippen LogP contribution in [0.25, 0.3) is 0 Å². The Labute approximate surface area is 274 Å². The lowest BCUT2D eigenvalue weighted by Crippen LogP contribution is -2.59. The summed E-state index contributed by atoms with van der Waals surface area (Å²) < 4.78 is 33.3. The predicted octanol–water partition coefficient (Wildman–Crippen LogP) is 3.04. The number of hydrogen-bond donors (Lipinski definition) is 2. The van der Waals surface area contributed by atoms with Crippen molar-refractivity contribution in [1.29, 1.82) is 0 Å². The molecule has 0 spiro atoms. The van der Waals surface area contributed by atoms with Crippen LogP contribution in [0.4, 0.5) is 0 Å². The maximum absolute atomic E-state index is 13.0. The summed E-state index contributed by atoms with van der Waals surface area (Å²) in [6, 6.07) is 0. The second-order valence-corrected chi connectivity index (χ2v) is 14.4. The smallest absolute Gasteiger partial charge is 0.329 e. The van der Waals surface area contributed by atoms with E-state index in [4.69, 9.17) is 33.5 Å². The van der Waals surface area contributed by atoms with Gasteiger partial charge in [0.2, 0.25) is 5.91 Å². The summed E-state index contributed by atoms with van der Waals surface area (Å²) in [7, 11) is 0. The number of carboxylic acid groups (broad SMARTS) is 1. The van der Waals surface area contributed by atoms with Crippen molar-refractivity contribution in [3.8, 4) is 0 Å². The lowest BCUT2D eigenvalue weighted by Gasteiger charge is -2.34. The Bertz CT molecular complexity index is 860. The molecule has 0 atom stereocenters. The monoisotopic (exact) mass is 661 g/mol. The van der Waals surface area contributed by atoms with Gasteiger partial charge in [-0.25, -0.2) is 4.79 Å². The normalized spacial score (nSPS) is 12.6. The van der Waals surface area contributed by atoms with Gasteiger partial charge in [0.25, 0.3) is 0 Å². The van der Waals surface area contributed by atoms with Gasteiger partial charge in [-0.15, -0.1) is 0 Å². The number of carbonyl (C=O) groups is 5. The van der Waals surface area contributed by atoms with Crippen molar-refractivity contribution >= 4 is 29.2 Å². The molecular formula is C33H59NO12. The van der Waals surface area contributed by atoms with Crippen molar-refractivity contribution in [2.75, 3.05) is 79.3 Å². The van der Waals surface area contributed by atoms with Gasteiger partial charge in [-0.1, -0.05) is 62.3 Å². The van der Waals surface area contributed by atoms with Crippen LogP contribution < -0.4 is 5.32 Å². The van der Waals surface area contributed by atoms with E-state index >= 15 is 0 Å². The van der Waals surface area contributed by atoms with Crippen LogP contribution in [0.5, 0.6) is 0 Å². The van der Waals surface area contributed by atoms with Gasteiger partial charge < -0.3 is 38.8 Å². The molecule has 0 aliphatic heterocycles. The second kappa shape index (κ2) is 21.6. The van der Waals surface area contributed by atoms with E-state index in [0.717, 1.165) is 0 Å². The molecule has 0 heterocycles. The fraction of sp³-hybridized carbons (Fsp3) is 0.848. The van der Waals surface area contributed by atoms with Crippen LogP contribution in [0.15, 0.2) is 0 Å². The largest absolute Gasteiger partial charge is 0.480 e. The van der Waals surface area contributed by atoms with E-state index in [1.54, 1.807) is 0 Å². The highest BCUT2D eigenvalue weighted by molar-refractivity contribution is 5.84. The Morgan fingerprint density at radius 2 is 0.804 bits per heavy atom. The molecule has 2 N–H and O–H groups in total. The van der Waals surface area contributed by atoms with Crippen LogP contribution >= 0.6 is 0 Å². The van der Waals surface area contributed by atoms with Crippen LogP contribution in [-0.2, 0) is 52.4 Å². The zero-order valence-corrected chi connectivity index (χ0v) is 29.5. The first-order chi connectivity index (χ1) is 21.2. The lowest BCUT2D eigenvalue weighted by molar-refractivity contribution is -0.142. The number of ketones is 3. The van der Waals surface area contributed by atoms with Crippen LogP contribution in [-0.4, -0.2) is 119 Å². The number of hydrogen-bond acceptors (Lipinski definition) is 11. The molecular weight excluding hydrogens is 602 g/mol. The van der Waals surface area contributed by atoms with Gasteiger partial charge in [-0.3, -0.25) is 19.2 Å². The molecule has 0 aromatic carbocycles. The molecule has 0 saturated carbocycles. The molecule has 1 amide bonds. The van der Waals surface area contributed by atoms with Crippen molar-refractivity contribution in [1.82, 2.24) is 5.32 Å². The second-order valence-electron chi connectivity index (χ2n) is 14.4. The highest BCUT2D eigenvalue weighted by Crippen LogP contribution is 2.19. The summed E-state index contributed by atoms with van der Waals surface area (Å²) in [5.74, 6) is -1.47. The summed E-state index contributed by atoms with van der Waals surface area (Å²) >= 11 is 0. The van der Waals surface area contributed by atoms with Crippen molar-refractivity contribution in [3.63, 3.8) is 0 Å². The molecule has 0 saturated heterocycles. The van der Waals surface area contributed by atoms with Crippen molar-refractivity contribution < 1.29 is 57.5 Å². The zero-order chi connectivity index (χ0) is 35.4. The zero-order valence-electron chi connectivity index (χ0n) is 29.5. The third-order valence-electron chi connectivity index (χ3n) is 6.67. The number of carbonyl (C=O) groups excluding carboxylic acids is 4. The highest BCUT2D eigenvalue weighted by atomic mass is 16.6. The first-order valence-electron chi connectivity index (χ1n) is 15.8. The molecule has 46 heavy (non-hydrogen) atoms. The molecule has 0 radical (unpaired) electrons. The number of rotatable bonds is 26. The quantitative estimate of drug-likeness (QED) is 0.130. The first-order valence-corrected chi connectivity index (χ1v) is 15.8. The Morgan fingerprint density at radius 3 is 1.13 bits per heavy atom. The molecule has 0 aliphatic carbocycles. The number of amides is 1. The van der Waals surface area contributed by atoms with Crippen LogP contribution in [0.3, 0.4) is 0 Å². The molecule has 0 aliphatic rings. The number of nitrogens with one attached hydrogen (secondary N) is 1. The summed E-state index contributed by atoms with van der Waals surface area (Å²) in [6.45, 7) is 16.5. The first kappa shape index (κ1) is 43.7. The van der Waals surface area contributed by atoms with Crippen molar-refractivity contribution in [2.24, 2.45) is 16.2 Å². The van der Waals surface area contributed by atoms with Gasteiger partial charge in [0.15, 0.2) is 0 Å². The topological polar surface area (TPSA) is 173 Å². The van der Waals surface area contributed by atoms with E-state index in [9.17, 15) is 24.0 Å². The molecule has 0 aromatic rings. The van der Waals surface area contributed by atoms with Crippen molar-refractivity contribution in [2.45, 2.75) is 87.1 Å². The van der Waals surface area contributed by atoms with Crippen LogP contribution in [0, 0.1) is 16.2 Å². The van der Waals surface area contributed by atoms with E-state index < -0.39 is 40.3 Å². The maximum atomic E-state index is 13.0. The minimum atomic E-state index is -1.21. The fourth-order valence-electron chi connectivity index (χ4n) is 3.65. The minimum Gasteiger partial charge on any atom is -0.480 e. The highest BCUT2D eigenvalue weighted by Gasteiger charge is 2.35. The Hall–Kier alpha value is -2.29. The Kier molecular flexibility index (Phi) is 20.5. The molecule has 0 fully saturated rings. The third-order valence-corrected chi connectivity index (χ3v) is 6.67. The predicted molar refractivity (Wildman–Crippen MR) is 171 cm³/mol. The van der Waals surface area contributed by atoms with E-state index in [2.05, 4.69) is 5.32 Å². The van der Waals surface area contributed by atoms with E-state index in [0.29, 0.717) is 0 Å². The molecule has 268 valence electrons. The Morgan fingerprint density at radius 1 is 0.478 bits per heavy atom.